The van der Waals surface area contributed by atoms with Crippen molar-refractivity contribution >= 4 is 6.08 Å². The second kappa shape index (κ2) is 6.23. The number of hydrogen-bond donors (Lipinski definition) is 0. The van der Waals surface area contributed by atoms with E-state index in [-0.39, 0.29) is 5.41 Å². The van der Waals surface area contributed by atoms with Crippen LogP contribution >= 0.6 is 0 Å². The Bertz CT molecular complexity index is 1040. The average Bonchev–Trinajstić information content (AvgIpc) is 3.25. The number of aryl methyl sites for hydroxylation is 2. The number of benzene rings is 3. The molecule has 27 heavy (non-hydrogen) atoms. The lowest BCUT2D eigenvalue weighted by Crippen LogP contribution is -2.27. The molecule has 0 radical (unpaired) electrons. The van der Waals surface area contributed by atoms with Crippen LogP contribution in [0.25, 0.3) is 6.08 Å². The summed E-state index contributed by atoms with van der Waals surface area (Å²) in [5.74, 6) is 0. The summed E-state index contributed by atoms with van der Waals surface area (Å²) in [6.07, 6.45) is 7.06. The highest BCUT2D eigenvalue weighted by Crippen LogP contribution is 2.49. The number of hydrogen-bond acceptors (Lipinski definition) is 0. The van der Waals surface area contributed by atoms with E-state index in [1.807, 2.05) is 0 Å². The standard InChI is InChI=1S/C27H26/c1-19-12-20(2)26-18-27(17-24(26)13-19,16-21-8-4-3-5-9-21)25-14-22-10-6-7-11-23(22)15-25/h3-14H,15-18H2,1-2H3. The van der Waals surface area contributed by atoms with E-state index < -0.39 is 0 Å². The third-order valence-corrected chi connectivity index (χ3v) is 6.59. The molecule has 0 amide bonds. The Morgan fingerprint density at radius 2 is 1.59 bits per heavy atom. The Morgan fingerprint density at radius 3 is 2.41 bits per heavy atom. The third kappa shape index (κ3) is 2.84. The molecule has 3 aromatic carbocycles. The quantitative estimate of drug-likeness (QED) is 0.522. The van der Waals surface area contributed by atoms with E-state index in [0.717, 1.165) is 12.8 Å². The van der Waals surface area contributed by atoms with Gasteiger partial charge in [-0.25, -0.2) is 0 Å². The van der Waals surface area contributed by atoms with Gasteiger partial charge in [-0.2, -0.15) is 0 Å². The predicted molar refractivity (Wildman–Crippen MR) is 114 cm³/mol. The van der Waals surface area contributed by atoms with Crippen LogP contribution in [0.4, 0.5) is 0 Å². The van der Waals surface area contributed by atoms with Crippen molar-refractivity contribution < 1.29 is 0 Å². The fraction of sp³-hybridized carbons (Fsp3) is 0.259. The SMILES string of the molecule is Cc1cc(C)c2c(c1)CC(Cc1ccccc1)(C1=Cc3ccccc3C1)C2. The molecule has 2 aliphatic rings. The zero-order valence-corrected chi connectivity index (χ0v) is 16.3. The molecular weight excluding hydrogens is 324 g/mol. The van der Waals surface area contributed by atoms with E-state index in [4.69, 9.17) is 0 Å². The first-order valence-corrected chi connectivity index (χ1v) is 10.0. The molecule has 0 aliphatic heterocycles. The van der Waals surface area contributed by atoms with Gasteiger partial charge in [-0.3, -0.25) is 0 Å². The highest BCUT2D eigenvalue weighted by molar-refractivity contribution is 5.66. The van der Waals surface area contributed by atoms with Crippen molar-refractivity contribution in [2.24, 2.45) is 5.41 Å². The molecule has 0 saturated carbocycles. The average molecular weight is 351 g/mol. The van der Waals surface area contributed by atoms with Gasteiger partial charge < -0.3 is 0 Å². The maximum Gasteiger partial charge on any atom is 0.00398 e. The second-order valence-electron chi connectivity index (χ2n) is 8.56. The van der Waals surface area contributed by atoms with Crippen LogP contribution in [0, 0.1) is 19.3 Å². The molecule has 2 aliphatic carbocycles. The Labute approximate surface area is 162 Å². The Hall–Kier alpha value is -2.60. The summed E-state index contributed by atoms with van der Waals surface area (Å²) < 4.78 is 0. The lowest BCUT2D eigenvalue weighted by molar-refractivity contribution is 0.371. The fourth-order valence-corrected chi connectivity index (χ4v) is 5.33. The lowest BCUT2D eigenvalue weighted by atomic mass is 9.72. The van der Waals surface area contributed by atoms with Crippen LogP contribution in [0.3, 0.4) is 0 Å². The molecule has 0 N–H and O–H groups in total. The van der Waals surface area contributed by atoms with Crippen molar-refractivity contribution in [2.75, 3.05) is 0 Å². The minimum atomic E-state index is 0.210. The molecular formula is C27H26. The molecule has 1 unspecified atom stereocenters. The van der Waals surface area contributed by atoms with Crippen LogP contribution in [0.2, 0.25) is 0 Å². The van der Waals surface area contributed by atoms with Crippen molar-refractivity contribution in [1.82, 2.24) is 0 Å². The van der Waals surface area contributed by atoms with E-state index in [2.05, 4.69) is 86.7 Å². The second-order valence-corrected chi connectivity index (χ2v) is 8.56. The Morgan fingerprint density at radius 1 is 0.815 bits per heavy atom. The Kier molecular flexibility index (Phi) is 3.82. The molecule has 0 bridgehead atoms. The van der Waals surface area contributed by atoms with E-state index in [0.29, 0.717) is 0 Å². The zero-order chi connectivity index (χ0) is 18.4. The normalized spacial score (nSPS) is 20.3. The van der Waals surface area contributed by atoms with E-state index in [1.165, 1.54) is 40.7 Å². The number of allylic oxidation sites excluding steroid dienone is 1. The van der Waals surface area contributed by atoms with Crippen molar-refractivity contribution in [1.29, 1.82) is 0 Å². The minimum absolute atomic E-state index is 0.210. The third-order valence-electron chi connectivity index (χ3n) is 6.59. The maximum absolute atomic E-state index is 2.49. The first kappa shape index (κ1) is 16.6. The van der Waals surface area contributed by atoms with Gasteiger partial charge in [0, 0.05) is 5.41 Å². The van der Waals surface area contributed by atoms with Crippen LogP contribution in [0.15, 0.2) is 72.3 Å². The van der Waals surface area contributed by atoms with Crippen molar-refractivity contribution in [2.45, 2.75) is 39.5 Å². The van der Waals surface area contributed by atoms with Gasteiger partial charge in [-0.1, -0.05) is 83.9 Å². The first-order chi connectivity index (χ1) is 13.1. The first-order valence-electron chi connectivity index (χ1n) is 10.0. The summed E-state index contributed by atoms with van der Waals surface area (Å²) in [7, 11) is 0. The largest absolute Gasteiger partial charge is 0.0622 e. The topological polar surface area (TPSA) is 0 Å². The van der Waals surface area contributed by atoms with Crippen LogP contribution in [-0.4, -0.2) is 0 Å². The van der Waals surface area contributed by atoms with E-state index in [9.17, 15) is 0 Å². The summed E-state index contributed by atoms with van der Waals surface area (Å²) in [6.45, 7) is 4.53. The molecule has 0 aromatic heterocycles. The summed E-state index contributed by atoms with van der Waals surface area (Å²) in [5.41, 5.74) is 12.2. The van der Waals surface area contributed by atoms with Gasteiger partial charge in [0.1, 0.15) is 0 Å². The molecule has 0 saturated heterocycles. The van der Waals surface area contributed by atoms with Gasteiger partial charge in [0.25, 0.3) is 0 Å². The molecule has 0 nitrogen and oxygen atoms in total. The molecule has 0 fully saturated rings. The summed E-state index contributed by atoms with van der Waals surface area (Å²) >= 11 is 0. The lowest BCUT2D eigenvalue weighted by Gasteiger charge is -2.31. The van der Waals surface area contributed by atoms with Crippen molar-refractivity contribution in [3.63, 3.8) is 0 Å². The van der Waals surface area contributed by atoms with Crippen LogP contribution in [0.5, 0.6) is 0 Å². The molecule has 0 heteroatoms. The van der Waals surface area contributed by atoms with Crippen LogP contribution in [-0.2, 0) is 25.7 Å². The van der Waals surface area contributed by atoms with Gasteiger partial charge in [-0.05, 0) is 72.9 Å². The van der Waals surface area contributed by atoms with E-state index >= 15 is 0 Å². The molecule has 1 atom stereocenters. The fourth-order valence-electron chi connectivity index (χ4n) is 5.33. The van der Waals surface area contributed by atoms with E-state index in [1.54, 1.807) is 16.7 Å². The van der Waals surface area contributed by atoms with Gasteiger partial charge in [0.05, 0.1) is 0 Å². The van der Waals surface area contributed by atoms with Gasteiger partial charge >= 0.3 is 0 Å². The summed E-state index contributed by atoms with van der Waals surface area (Å²) in [5, 5.41) is 0. The highest BCUT2D eigenvalue weighted by Gasteiger charge is 2.42. The van der Waals surface area contributed by atoms with Crippen molar-refractivity contribution in [3.8, 4) is 0 Å². The minimum Gasteiger partial charge on any atom is -0.0622 e. The monoisotopic (exact) mass is 350 g/mol. The highest BCUT2D eigenvalue weighted by atomic mass is 14.5. The molecule has 5 rings (SSSR count). The van der Waals surface area contributed by atoms with Crippen molar-refractivity contribution in [3.05, 3.63) is 111 Å². The predicted octanol–water partition coefficient (Wildman–Crippen LogP) is 6.27. The van der Waals surface area contributed by atoms with Gasteiger partial charge in [0.15, 0.2) is 0 Å². The number of rotatable bonds is 3. The van der Waals surface area contributed by atoms with Gasteiger partial charge in [-0.15, -0.1) is 0 Å². The maximum atomic E-state index is 2.49. The smallest absolute Gasteiger partial charge is 0.00398 e. The molecule has 0 heterocycles. The molecule has 0 spiro atoms. The zero-order valence-electron chi connectivity index (χ0n) is 16.3. The summed E-state index contributed by atoms with van der Waals surface area (Å²) in [6, 6.07) is 24.8. The summed E-state index contributed by atoms with van der Waals surface area (Å²) in [4.78, 5) is 0. The van der Waals surface area contributed by atoms with Gasteiger partial charge in [0.2, 0.25) is 0 Å². The Balaban J connectivity index is 1.59. The van der Waals surface area contributed by atoms with Crippen LogP contribution < -0.4 is 0 Å². The molecule has 134 valence electrons. The van der Waals surface area contributed by atoms with Crippen LogP contribution in [0.1, 0.15) is 38.9 Å². The molecule has 3 aromatic rings. The number of fused-ring (bicyclic) bond motifs is 2.